The normalized spacial score (nSPS) is 11.1. The molecule has 0 saturated heterocycles. The zero-order chi connectivity index (χ0) is 20.3. The highest BCUT2D eigenvalue weighted by Crippen LogP contribution is 2.20. The standard InChI is InChI=1S/C20H18FN3O3S/c1-13-6-7-17(11-18(13)21)28(26,27)24-16-5-3-4-15(10-16)20(25)23-19-12-22-9-8-14(19)2/h3-12,24H,1-2H3,(H,23,25). The van der Waals surface area contributed by atoms with Crippen molar-refractivity contribution in [3.8, 4) is 0 Å². The van der Waals surface area contributed by atoms with E-state index in [-0.39, 0.29) is 16.1 Å². The van der Waals surface area contributed by atoms with Crippen molar-refractivity contribution in [3.05, 3.63) is 83.4 Å². The van der Waals surface area contributed by atoms with Crippen molar-refractivity contribution in [3.63, 3.8) is 0 Å². The van der Waals surface area contributed by atoms with Crippen molar-refractivity contribution < 1.29 is 17.6 Å². The minimum Gasteiger partial charge on any atom is -0.320 e. The zero-order valence-corrected chi connectivity index (χ0v) is 16.0. The molecule has 0 aliphatic carbocycles. The number of carbonyl (C=O) groups excluding carboxylic acids is 1. The molecule has 3 rings (SSSR count). The van der Waals surface area contributed by atoms with Crippen molar-refractivity contribution in [2.75, 3.05) is 10.0 Å². The quantitative estimate of drug-likeness (QED) is 0.681. The molecule has 0 saturated carbocycles. The van der Waals surface area contributed by atoms with Gasteiger partial charge in [-0.3, -0.25) is 14.5 Å². The van der Waals surface area contributed by atoms with Gasteiger partial charge in [-0.25, -0.2) is 12.8 Å². The number of nitrogens with zero attached hydrogens (tertiary/aromatic N) is 1. The molecule has 2 aromatic carbocycles. The summed E-state index contributed by atoms with van der Waals surface area (Å²) in [6.07, 6.45) is 3.15. The van der Waals surface area contributed by atoms with Crippen LogP contribution in [-0.2, 0) is 10.0 Å². The molecule has 0 unspecified atom stereocenters. The van der Waals surface area contributed by atoms with Gasteiger partial charge in [-0.2, -0.15) is 0 Å². The van der Waals surface area contributed by atoms with E-state index in [0.717, 1.165) is 11.6 Å². The molecule has 28 heavy (non-hydrogen) atoms. The van der Waals surface area contributed by atoms with E-state index in [4.69, 9.17) is 0 Å². The second-order valence-electron chi connectivity index (χ2n) is 6.24. The third-order valence-electron chi connectivity index (χ3n) is 4.12. The molecular weight excluding hydrogens is 381 g/mol. The lowest BCUT2D eigenvalue weighted by Gasteiger charge is -2.11. The molecule has 2 N–H and O–H groups in total. The molecule has 1 amide bonds. The summed E-state index contributed by atoms with van der Waals surface area (Å²) in [6, 6.07) is 11.5. The number of hydrogen-bond acceptors (Lipinski definition) is 4. The van der Waals surface area contributed by atoms with E-state index < -0.39 is 21.7 Å². The molecule has 1 aromatic heterocycles. The number of hydrogen-bond donors (Lipinski definition) is 2. The van der Waals surface area contributed by atoms with Crippen LogP contribution in [0.3, 0.4) is 0 Å². The van der Waals surface area contributed by atoms with Crippen molar-refractivity contribution in [1.29, 1.82) is 0 Å². The molecule has 3 aromatic rings. The van der Waals surface area contributed by atoms with Crippen molar-refractivity contribution >= 4 is 27.3 Å². The highest BCUT2D eigenvalue weighted by Gasteiger charge is 2.17. The lowest BCUT2D eigenvalue weighted by Crippen LogP contribution is -2.16. The van der Waals surface area contributed by atoms with Crippen LogP contribution in [0.15, 0.2) is 65.8 Å². The van der Waals surface area contributed by atoms with Gasteiger partial charge in [-0.15, -0.1) is 0 Å². The average molecular weight is 399 g/mol. The van der Waals surface area contributed by atoms with Crippen LogP contribution in [0.4, 0.5) is 15.8 Å². The summed E-state index contributed by atoms with van der Waals surface area (Å²) in [5.41, 5.74) is 2.22. The van der Waals surface area contributed by atoms with Crippen LogP contribution < -0.4 is 10.0 Å². The fourth-order valence-electron chi connectivity index (χ4n) is 2.47. The maximum atomic E-state index is 13.7. The average Bonchev–Trinajstić information content (AvgIpc) is 2.65. The Bertz CT molecular complexity index is 1150. The molecular formula is C20H18FN3O3S. The minimum absolute atomic E-state index is 0.191. The van der Waals surface area contributed by atoms with Crippen LogP contribution in [0.25, 0.3) is 0 Å². The fourth-order valence-corrected chi connectivity index (χ4v) is 3.53. The largest absolute Gasteiger partial charge is 0.320 e. The molecule has 144 valence electrons. The third kappa shape index (κ3) is 4.34. The van der Waals surface area contributed by atoms with Crippen LogP contribution in [0, 0.1) is 19.7 Å². The number of pyridine rings is 1. The van der Waals surface area contributed by atoms with Gasteiger partial charge < -0.3 is 5.32 Å². The first-order valence-corrected chi connectivity index (χ1v) is 9.85. The predicted molar refractivity (Wildman–Crippen MR) is 105 cm³/mol. The summed E-state index contributed by atoms with van der Waals surface area (Å²) in [4.78, 5) is 16.2. The van der Waals surface area contributed by atoms with Gasteiger partial charge in [0, 0.05) is 17.4 Å². The maximum Gasteiger partial charge on any atom is 0.261 e. The number of amides is 1. The first-order chi connectivity index (χ1) is 13.3. The number of halogens is 1. The second-order valence-corrected chi connectivity index (χ2v) is 7.92. The van der Waals surface area contributed by atoms with Gasteiger partial charge in [0.1, 0.15) is 5.82 Å². The van der Waals surface area contributed by atoms with E-state index in [1.165, 1.54) is 30.5 Å². The van der Waals surface area contributed by atoms with E-state index in [1.54, 1.807) is 31.3 Å². The van der Waals surface area contributed by atoms with Gasteiger partial charge in [-0.1, -0.05) is 12.1 Å². The molecule has 0 fully saturated rings. The highest BCUT2D eigenvalue weighted by molar-refractivity contribution is 7.92. The van der Waals surface area contributed by atoms with Crippen LogP contribution in [0.2, 0.25) is 0 Å². The Labute approximate surface area is 162 Å². The molecule has 0 aliphatic rings. The third-order valence-corrected chi connectivity index (χ3v) is 5.50. The van der Waals surface area contributed by atoms with Crippen LogP contribution in [0.5, 0.6) is 0 Å². The number of rotatable bonds is 5. The molecule has 0 bridgehead atoms. The Morgan fingerprint density at radius 2 is 1.82 bits per heavy atom. The van der Waals surface area contributed by atoms with Crippen molar-refractivity contribution in [2.45, 2.75) is 18.7 Å². The molecule has 8 heteroatoms. The lowest BCUT2D eigenvalue weighted by molar-refractivity contribution is 0.102. The van der Waals surface area contributed by atoms with Crippen LogP contribution in [-0.4, -0.2) is 19.3 Å². The van der Waals surface area contributed by atoms with Gasteiger partial charge in [0.05, 0.1) is 16.8 Å². The predicted octanol–water partition coefficient (Wildman–Crippen LogP) is 3.89. The Morgan fingerprint density at radius 1 is 1.04 bits per heavy atom. The second kappa shape index (κ2) is 7.77. The lowest BCUT2D eigenvalue weighted by atomic mass is 10.2. The van der Waals surface area contributed by atoms with Gasteiger partial charge in [-0.05, 0) is 61.4 Å². The van der Waals surface area contributed by atoms with Crippen LogP contribution in [0.1, 0.15) is 21.5 Å². The first kappa shape index (κ1) is 19.5. The number of anilines is 2. The Kier molecular flexibility index (Phi) is 5.41. The number of benzene rings is 2. The molecule has 0 spiro atoms. The smallest absolute Gasteiger partial charge is 0.261 e. The minimum atomic E-state index is -3.99. The summed E-state index contributed by atoms with van der Waals surface area (Å²) in [5, 5.41) is 2.73. The number of aryl methyl sites for hydroxylation is 2. The first-order valence-electron chi connectivity index (χ1n) is 8.37. The molecule has 0 aliphatic heterocycles. The zero-order valence-electron chi connectivity index (χ0n) is 15.2. The number of sulfonamides is 1. The Balaban J connectivity index is 1.82. The van der Waals surface area contributed by atoms with E-state index >= 15 is 0 Å². The summed E-state index contributed by atoms with van der Waals surface area (Å²) in [6.45, 7) is 3.38. The topological polar surface area (TPSA) is 88.2 Å². The molecule has 0 atom stereocenters. The Morgan fingerprint density at radius 3 is 2.54 bits per heavy atom. The van der Waals surface area contributed by atoms with Gasteiger partial charge in [0.2, 0.25) is 0 Å². The summed E-state index contributed by atoms with van der Waals surface area (Å²) in [7, 11) is -3.99. The van der Waals surface area contributed by atoms with Gasteiger partial charge in [0.15, 0.2) is 0 Å². The summed E-state index contributed by atoms with van der Waals surface area (Å²) >= 11 is 0. The van der Waals surface area contributed by atoms with E-state index in [2.05, 4.69) is 15.0 Å². The summed E-state index contributed by atoms with van der Waals surface area (Å²) < 4.78 is 41.1. The fraction of sp³-hybridized carbons (Fsp3) is 0.100. The van der Waals surface area contributed by atoms with Gasteiger partial charge in [0.25, 0.3) is 15.9 Å². The number of carbonyl (C=O) groups is 1. The van der Waals surface area contributed by atoms with Crippen molar-refractivity contribution in [1.82, 2.24) is 4.98 Å². The molecule has 0 radical (unpaired) electrons. The molecule has 6 nitrogen and oxygen atoms in total. The summed E-state index contributed by atoms with van der Waals surface area (Å²) in [5.74, 6) is -1.01. The van der Waals surface area contributed by atoms with Crippen LogP contribution >= 0.6 is 0 Å². The highest BCUT2D eigenvalue weighted by atomic mass is 32.2. The van der Waals surface area contributed by atoms with E-state index in [0.29, 0.717) is 11.3 Å². The maximum absolute atomic E-state index is 13.7. The van der Waals surface area contributed by atoms with E-state index in [1.807, 2.05) is 6.92 Å². The SMILES string of the molecule is Cc1ccc(S(=O)(=O)Nc2cccc(C(=O)Nc3cnccc3C)c2)cc1F. The van der Waals surface area contributed by atoms with E-state index in [9.17, 15) is 17.6 Å². The number of nitrogens with one attached hydrogen (secondary N) is 2. The van der Waals surface area contributed by atoms with Gasteiger partial charge >= 0.3 is 0 Å². The van der Waals surface area contributed by atoms with Crippen molar-refractivity contribution in [2.24, 2.45) is 0 Å². The Hall–Kier alpha value is -3.26. The molecule has 1 heterocycles. The monoisotopic (exact) mass is 399 g/mol. The number of aromatic nitrogens is 1.